The van der Waals surface area contributed by atoms with Crippen LogP contribution in [-0.4, -0.2) is 5.60 Å². The second-order valence-electron chi connectivity index (χ2n) is 17.9. The Bertz CT molecular complexity index is 3230. The molecule has 2 aliphatic carbocycles. The van der Waals surface area contributed by atoms with Crippen LogP contribution in [0.3, 0.4) is 0 Å². The highest BCUT2D eigenvalue weighted by Gasteiger charge is 2.51. The van der Waals surface area contributed by atoms with Crippen molar-refractivity contribution in [1.29, 1.82) is 0 Å². The zero-order chi connectivity index (χ0) is 43.0. The highest BCUT2D eigenvalue weighted by atomic mass is 32.2. The molecule has 3 aliphatic rings. The van der Waals surface area contributed by atoms with Gasteiger partial charge in [0.15, 0.2) is 0 Å². The molecule has 0 atom stereocenters. The van der Waals surface area contributed by atoms with Crippen molar-refractivity contribution in [2.45, 2.75) is 54.4 Å². The molecule has 2 heterocycles. The van der Waals surface area contributed by atoms with Gasteiger partial charge in [0.25, 0.3) is 0 Å². The number of nitrogens with zero attached hydrogens (tertiary/aromatic N) is 2. The summed E-state index contributed by atoms with van der Waals surface area (Å²) in [6, 6.07) is 68.7. The first-order valence-electron chi connectivity index (χ1n) is 22.2. The summed E-state index contributed by atoms with van der Waals surface area (Å²) in [4.78, 5) is 7.41. The van der Waals surface area contributed by atoms with Crippen molar-refractivity contribution >= 4 is 62.9 Å². The van der Waals surface area contributed by atoms with Crippen LogP contribution >= 0.6 is 11.8 Å². The molecule has 9 aromatic rings. The SMILES string of the molecule is CC(C)(C)Oc1ccc(N(c2ccccc2)c2cc(N(c3ccccc3)c3cccc4c3-c3ccccc3C43c4ccccc4Sc4ccccc43)cc3oc4c(c23)C=CCC4)cc1. The van der Waals surface area contributed by atoms with E-state index in [0.717, 1.165) is 75.0 Å². The third-order valence-corrected chi connectivity index (χ3v) is 14.0. The van der Waals surface area contributed by atoms with Crippen molar-refractivity contribution in [3.63, 3.8) is 0 Å². The zero-order valence-electron chi connectivity index (χ0n) is 36.1. The number of benzene rings is 8. The third kappa shape index (κ3) is 6.06. The number of rotatable bonds is 7. The van der Waals surface area contributed by atoms with Crippen LogP contribution in [0.15, 0.2) is 208 Å². The minimum Gasteiger partial charge on any atom is -0.488 e. The summed E-state index contributed by atoms with van der Waals surface area (Å²) in [5.41, 5.74) is 15.2. The van der Waals surface area contributed by atoms with Gasteiger partial charge in [-0.15, -0.1) is 0 Å². The Morgan fingerprint density at radius 1 is 0.547 bits per heavy atom. The summed E-state index contributed by atoms with van der Waals surface area (Å²) in [6.45, 7) is 6.25. The first-order chi connectivity index (χ1) is 31.4. The normalized spacial score (nSPS) is 14.0. The molecule has 5 heteroatoms. The van der Waals surface area contributed by atoms with Gasteiger partial charge in [-0.2, -0.15) is 0 Å². The number of furan rings is 1. The Balaban J connectivity index is 1.14. The first kappa shape index (κ1) is 38.5. The third-order valence-electron chi connectivity index (χ3n) is 12.8. The predicted molar refractivity (Wildman–Crippen MR) is 265 cm³/mol. The van der Waals surface area contributed by atoms with Gasteiger partial charge >= 0.3 is 0 Å². The lowest BCUT2D eigenvalue weighted by Crippen LogP contribution is -2.32. The van der Waals surface area contributed by atoms with Gasteiger partial charge < -0.3 is 19.0 Å². The smallest absolute Gasteiger partial charge is 0.139 e. The molecule has 0 bridgehead atoms. The molecule has 0 N–H and O–H groups in total. The average molecular weight is 847 g/mol. The molecule has 1 spiro atoms. The fourth-order valence-electron chi connectivity index (χ4n) is 10.4. The Labute approximate surface area is 379 Å². The van der Waals surface area contributed by atoms with Crippen molar-refractivity contribution in [1.82, 2.24) is 0 Å². The van der Waals surface area contributed by atoms with Gasteiger partial charge in [-0.1, -0.05) is 133 Å². The number of para-hydroxylation sites is 2. The van der Waals surface area contributed by atoms with Crippen molar-refractivity contribution in [2.24, 2.45) is 0 Å². The molecule has 4 nitrogen and oxygen atoms in total. The maximum atomic E-state index is 6.98. The van der Waals surface area contributed by atoms with Crippen LogP contribution in [0.4, 0.5) is 34.1 Å². The van der Waals surface area contributed by atoms with Gasteiger partial charge in [0.2, 0.25) is 0 Å². The Morgan fingerprint density at radius 2 is 1.12 bits per heavy atom. The average Bonchev–Trinajstić information content (AvgIpc) is 3.84. The summed E-state index contributed by atoms with van der Waals surface area (Å²) < 4.78 is 13.3. The zero-order valence-corrected chi connectivity index (χ0v) is 36.9. The quantitative estimate of drug-likeness (QED) is 0.159. The molecular weight excluding hydrogens is 801 g/mol. The van der Waals surface area contributed by atoms with Gasteiger partial charge in [-0.25, -0.2) is 0 Å². The molecule has 0 fully saturated rings. The van der Waals surface area contributed by atoms with Crippen molar-refractivity contribution in [2.75, 3.05) is 9.80 Å². The second-order valence-corrected chi connectivity index (χ2v) is 18.9. The molecule has 12 rings (SSSR count). The topological polar surface area (TPSA) is 28.9 Å². The Kier molecular flexibility index (Phi) is 8.99. The highest BCUT2D eigenvalue weighted by molar-refractivity contribution is 7.99. The van der Waals surface area contributed by atoms with E-state index in [1.54, 1.807) is 0 Å². The Morgan fingerprint density at radius 3 is 1.80 bits per heavy atom. The fraction of sp³-hybridized carbons (Fsp3) is 0.119. The van der Waals surface area contributed by atoms with Gasteiger partial charge in [0, 0.05) is 50.5 Å². The van der Waals surface area contributed by atoms with Crippen LogP contribution in [0.1, 0.15) is 60.8 Å². The van der Waals surface area contributed by atoms with E-state index in [9.17, 15) is 0 Å². The molecule has 0 unspecified atom stereocenters. The second kappa shape index (κ2) is 15.0. The van der Waals surface area contributed by atoms with Crippen LogP contribution in [0.5, 0.6) is 5.75 Å². The van der Waals surface area contributed by atoms with Crippen LogP contribution < -0.4 is 14.5 Å². The van der Waals surface area contributed by atoms with Crippen molar-refractivity contribution in [3.05, 3.63) is 228 Å². The number of anilines is 6. The summed E-state index contributed by atoms with van der Waals surface area (Å²) in [5.74, 6) is 1.85. The molecule has 8 aromatic carbocycles. The summed E-state index contributed by atoms with van der Waals surface area (Å²) in [5, 5.41) is 1.09. The molecule has 0 saturated carbocycles. The molecule has 0 saturated heterocycles. The fourth-order valence-corrected chi connectivity index (χ4v) is 11.6. The molecule has 0 amide bonds. The minimum absolute atomic E-state index is 0.315. The van der Waals surface area contributed by atoms with E-state index in [2.05, 4.69) is 231 Å². The molecule has 0 radical (unpaired) electrons. The summed E-state index contributed by atoms with van der Waals surface area (Å²) >= 11 is 1.88. The van der Waals surface area contributed by atoms with Crippen LogP contribution in [0, 0.1) is 0 Å². The van der Waals surface area contributed by atoms with Gasteiger partial charge in [0.05, 0.1) is 27.9 Å². The van der Waals surface area contributed by atoms with Gasteiger partial charge in [-0.3, -0.25) is 0 Å². The molecule has 64 heavy (non-hydrogen) atoms. The number of aryl methyl sites for hydroxylation is 1. The van der Waals surface area contributed by atoms with E-state index in [4.69, 9.17) is 9.15 Å². The van der Waals surface area contributed by atoms with Crippen LogP contribution in [0.25, 0.3) is 28.2 Å². The number of hydrogen-bond donors (Lipinski definition) is 0. The number of fused-ring (bicyclic) bond motifs is 12. The predicted octanol–water partition coefficient (Wildman–Crippen LogP) is 16.3. The van der Waals surface area contributed by atoms with E-state index in [1.807, 2.05) is 11.8 Å². The lowest BCUT2D eigenvalue weighted by molar-refractivity contribution is 0.131. The van der Waals surface area contributed by atoms with Crippen LogP contribution in [0.2, 0.25) is 0 Å². The standard InChI is InChI=1S/C59H46N2O2S/c1-58(2,3)63-43-35-33-41(34-36-43)60(39-19-6-4-7-20-39)51-37-42(38-53-57(51)45-24-11-15-30-52(45)62-53)61(40-21-8-5-9-22-40)50-29-18-28-49-56(50)44-23-10-12-25-46(44)59(49)47-26-13-16-31-54(47)64-55-32-17-14-27-48(55)59/h4-14,16-29,31-38H,15,30H2,1-3H3. The lowest BCUT2D eigenvalue weighted by Gasteiger charge is -2.39. The van der Waals surface area contributed by atoms with E-state index >= 15 is 0 Å². The van der Waals surface area contributed by atoms with E-state index in [0.29, 0.717) is 0 Å². The molecule has 1 aromatic heterocycles. The van der Waals surface area contributed by atoms with Crippen LogP contribution in [-0.2, 0) is 11.8 Å². The summed E-state index contributed by atoms with van der Waals surface area (Å²) in [7, 11) is 0. The largest absolute Gasteiger partial charge is 0.488 e. The van der Waals surface area contributed by atoms with E-state index in [1.165, 1.54) is 43.2 Å². The molecular formula is C59H46N2O2S. The van der Waals surface area contributed by atoms with Gasteiger partial charge in [0.1, 0.15) is 22.7 Å². The molecule has 310 valence electrons. The Hall–Kier alpha value is -7.21. The lowest BCUT2D eigenvalue weighted by atomic mass is 9.67. The first-order valence-corrected chi connectivity index (χ1v) is 23.0. The minimum atomic E-state index is -0.503. The maximum Gasteiger partial charge on any atom is 0.139 e. The number of ether oxygens (including phenoxy) is 1. The summed E-state index contributed by atoms with van der Waals surface area (Å²) in [6.07, 6.45) is 6.33. The van der Waals surface area contributed by atoms with Gasteiger partial charge in [-0.05, 0) is 128 Å². The monoisotopic (exact) mass is 846 g/mol. The van der Waals surface area contributed by atoms with Crippen molar-refractivity contribution < 1.29 is 9.15 Å². The number of allylic oxidation sites excluding steroid dienone is 1. The van der Waals surface area contributed by atoms with E-state index in [-0.39, 0.29) is 5.60 Å². The van der Waals surface area contributed by atoms with E-state index < -0.39 is 5.41 Å². The highest BCUT2D eigenvalue weighted by Crippen LogP contribution is 2.64. The maximum absolute atomic E-state index is 6.98. The van der Waals surface area contributed by atoms with Crippen molar-refractivity contribution in [3.8, 4) is 16.9 Å². The number of hydrogen-bond acceptors (Lipinski definition) is 5. The molecule has 1 aliphatic heterocycles.